The summed E-state index contributed by atoms with van der Waals surface area (Å²) in [6.45, 7) is 0. The minimum absolute atomic E-state index is 0.173. The van der Waals surface area contributed by atoms with Crippen LogP contribution in [0.4, 0.5) is 5.82 Å². The molecule has 2 N–H and O–H groups in total. The van der Waals surface area contributed by atoms with Crippen LogP contribution in [0.5, 0.6) is 0 Å². The van der Waals surface area contributed by atoms with Gasteiger partial charge >= 0.3 is 11.8 Å². The third kappa shape index (κ3) is 1.71. The van der Waals surface area contributed by atoms with Crippen LogP contribution in [0, 0.1) is 0 Å². The molecule has 0 saturated carbocycles. The Morgan fingerprint density at radius 2 is 1.95 bits per heavy atom. The molecule has 4 rings (SSSR count). The van der Waals surface area contributed by atoms with E-state index in [-0.39, 0.29) is 6.04 Å². The second-order valence-corrected chi connectivity index (χ2v) is 5.13. The highest BCUT2D eigenvalue weighted by Crippen LogP contribution is 2.25. The Hall–Kier alpha value is -2.82. The minimum Gasteiger partial charge on any atom is -0.348 e. The van der Waals surface area contributed by atoms with Crippen molar-refractivity contribution in [2.75, 3.05) is 4.90 Å². The summed E-state index contributed by atoms with van der Waals surface area (Å²) in [5.41, 5.74) is 0.833. The molecule has 2 aliphatic rings. The van der Waals surface area contributed by atoms with Crippen LogP contribution in [0.15, 0.2) is 42.6 Å². The minimum atomic E-state index is -0.564. The highest BCUT2D eigenvalue weighted by atomic mass is 16.2. The standard InChI is InChI=1S/C16H13N3O2/c20-15-16(21)19(13-6-3-9-17-13)14-11-5-2-1-4-10(11)7-8-12(14)18-15/h1-7,9,12,17H,8H2,(H,18,20). The van der Waals surface area contributed by atoms with Gasteiger partial charge in [0.05, 0.1) is 11.7 Å². The molecule has 104 valence electrons. The molecular formula is C16H13N3O2. The first kappa shape index (κ1) is 12.0. The number of anilines is 1. The quantitative estimate of drug-likeness (QED) is 0.712. The van der Waals surface area contributed by atoms with E-state index in [0.29, 0.717) is 12.2 Å². The zero-order valence-electron chi connectivity index (χ0n) is 11.2. The molecule has 1 saturated heterocycles. The molecule has 1 atom stereocenters. The number of benzene rings is 1. The van der Waals surface area contributed by atoms with Gasteiger partial charge in [-0.05, 0) is 23.8 Å². The summed E-state index contributed by atoms with van der Waals surface area (Å²) in [6, 6.07) is 11.3. The summed E-state index contributed by atoms with van der Waals surface area (Å²) in [5.74, 6) is -0.502. The van der Waals surface area contributed by atoms with E-state index in [4.69, 9.17) is 0 Å². The summed E-state index contributed by atoms with van der Waals surface area (Å²) in [5, 5.41) is 4.86. The molecule has 1 aliphatic carbocycles. The number of carbonyl (C=O) groups is 2. The van der Waals surface area contributed by atoms with E-state index in [2.05, 4.69) is 16.4 Å². The number of H-pyrrole nitrogens is 1. The van der Waals surface area contributed by atoms with E-state index in [9.17, 15) is 9.59 Å². The van der Waals surface area contributed by atoms with Gasteiger partial charge in [0.1, 0.15) is 5.82 Å². The number of nitrogens with one attached hydrogen (secondary N) is 2. The molecule has 21 heavy (non-hydrogen) atoms. The topological polar surface area (TPSA) is 65.2 Å². The number of aromatic amines is 1. The lowest BCUT2D eigenvalue weighted by Crippen LogP contribution is -2.59. The summed E-state index contributed by atoms with van der Waals surface area (Å²) >= 11 is 0. The average molecular weight is 279 g/mol. The van der Waals surface area contributed by atoms with Crippen molar-refractivity contribution in [2.45, 2.75) is 12.5 Å². The third-order valence-electron chi connectivity index (χ3n) is 3.91. The van der Waals surface area contributed by atoms with Gasteiger partial charge in [-0.15, -0.1) is 0 Å². The maximum Gasteiger partial charge on any atom is 0.321 e. The Morgan fingerprint density at radius 3 is 2.76 bits per heavy atom. The first-order valence-electron chi connectivity index (χ1n) is 6.83. The van der Waals surface area contributed by atoms with Crippen LogP contribution in [0.3, 0.4) is 0 Å². The molecule has 0 radical (unpaired) electrons. The van der Waals surface area contributed by atoms with Gasteiger partial charge in [-0.3, -0.25) is 14.5 Å². The zero-order chi connectivity index (χ0) is 14.4. The summed E-state index contributed by atoms with van der Waals surface area (Å²) in [4.78, 5) is 28.8. The Labute approximate surface area is 120 Å². The second kappa shape index (κ2) is 4.34. The van der Waals surface area contributed by atoms with Crippen molar-refractivity contribution in [3.05, 3.63) is 53.0 Å². The molecule has 1 aliphatic heterocycles. The number of fused-ring (bicyclic) bond motifs is 2. The number of hydrogen-bond acceptors (Lipinski definition) is 2. The van der Waals surface area contributed by atoms with Gasteiger partial charge in [0, 0.05) is 11.4 Å². The van der Waals surface area contributed by atoms with Crippen LogP contribution in [0.25, 0.3) is 11.8 Å². The first-order valence-corrected chi connectivity index (χ1v) is 6.83. The molecule has 5 nitrogen and oxygen atoms in total. The number of nitrogens with zero attached hydrogens (tertiary/aromatic N) is 1. The molecule has 2 amide bonds. The maximum atomic E-state index is 12.4. The third-order valence-corrected chi connectivity index (χ3v) is 3.91. The Kier molecular flexibility index (Phi) is 2.47. The van der Waals surface area contributed by atoms with Crippen molar-refractivity contribution in [1.29, 1.82) is 0 Å². The van der Waals surface area contributed by atoms with E-state index in [0.717, 1.165) is 16.1 Å². The largest absolute Gasteiger partial charge is 0.348 e. The fraction of sp³-hybridized carbons (Fsp3) is 0.125. The van der Waals surface area contributed by atoms with E-state index >= 15 is 0 Å². The van der Waals surface area contributed by atoms with Crippen molar-refractivity contribution in [2.24, 2.45) is 0 Å². The number of carbonyl (C=O) groups excluding carboxylic acids is 2. The van der Waals surface area contributed by atoms with Gasteiger partial charge in [0.2, 0.25) is 0 Å². The molecule has 1 aromatic heterocycles. The number of piperazine rings is 1. The number of rotatable bonds is 1. The predicted octanol–water partition coefficient (Wildman–Crippen LogP) is -0.161. The fourth-order valence-corrected chi connectivity index (χ4v) is 2.99. The molecule has 1 aromatic carbocycles. The predicted molar refractivity (Wildman–Crippen MR) is 78.4 cm³/mol. The van der Waals surface area contributed by atoms with Gasteiger partial charge in [-0.1, -0.05) is 30.3 Å². The van der Waals surface area contributed by atoms with E-state index in [1.54, 1.807) is 12.3 Å². The van der Waals surface area contributed by atoms with E-state index in [1.165, 1.54) is 4.90 Å². The molecule has 1 unspecified atom stereocenters. The van der Waals surface area contributed by atoms with Crippen LogP contribution in [0.2, 0.25) is 0 Å². The molecule has 2 aromatic rings. The molecule has 2 heterocycles. The molecule has 0 bridgehead atoms. The SMILES string of the molecule is O=C1NC2CC=c3ccccc3=C2N(c2ccc[nH]2)C1=O. The molecule has 1 fully saturated rings. The normalized spacial score (nSPS) is 20.5. The van der Waals surface area contributed by atoms with Crippen LogP contribution in [-0.4, -0.2) is 22.8 Å². The van der Waals surface area contributed by atoms with Crippen molar-refractivity contribution < 1.29 is 9.59 Å². The lowest BCUT2D eigenvalue weighted by atomic mass is 9.96. The van der Waals surface area contributed by atoms with Crippen LogP contribution >= 0.6 is 0 Å². The van der Waals surface area contributed by atoms with Gasteiger partial charge in [0.15, 0.2) is 0 Å². The lowest BCUT2D eigenvalue weighted by molar-refractivity contribution is -0.138. The van der Waals surface area contributed by atoms with Crippen molar-refractivity contribution >= 4 is 29.4 Å². The summed E-state index contributed by atoms with van der Waals surface area (Å²) in [6.07, 6.45) is 4.51. The van der Waals surface area contributed by atoms with Crippen molar-refractivity contribution in [3.63, 3.8) is 0 Å². The molecule has 5 heteroatoms. The van der Waals surface area contributed by atoms with Gasteiger partial charge in [-0.25, -0.2) is 0 Å². The molecule has 0 spiro atoms. The van der Waals surface area contributed by atoms with Gasteiger partial charge < -0.3 is 10.3 Å². The number of aromatic nitrogens is 1. The number of amides is 2. The zero-order valence-corrected chi connectivity index (χ0v) is 11.2. The van der Waals surface area contributed by atoms with Gasteiger partial charge in [-0.2, -0.15) is 0 Å². The highest BCUT2D eigenvalue weighted by molar-refractivity contribution is 6.44. The van der Waals surface area contributed by atoms with Crippen LogP contribution in [0.1, 0.15) is 6.42 Å². The van der Waals surface area contributed by atoms with Crippen LogP contribution < -0.4 is 20.7 Å². The Balaban J connectivity index is 2.04. The monoisotopic (exact) mass is 279 g/mol. The van der Waals surface area contributed by atoms with Crippen molar-refractivity contribution in [3.8, 4) is 0 Å². The van der Waals surface area contributed by atoms with Crippen molar-refractivity contribution in [1.82, 2.24) is 10.3 Å². The average Bonchev–Trinajstić information content (AvgIpc) is 3.02. The second-order valence-electron chi connectivity index (χ2n) is 5.13. The summed E-state index contributed by atoms with van der Waals surface area (Å²) < 4.78 is 0. The van der Waals surface area contributed by atoms with Gasteiger partial charge in [0.25, 0.3) is 0 Å². The Morgan fingerprint density at radius 1 is 1.10 bits per heavy atom. The lowest BCUT2D eigenvalue weighted by Gasteiger charge is -2.35. The first-order chi connectivity index (χ1) is 10.3. The van der Waals surface area contributed by atoms with Crippen LogP contribution in [-0.2, 0) is 9.59 Å². The molecular weight excluding hydrogens is 266 g/mol. The summed E-state index contributed by atoms with van der Waals surface area (Å²) in [7, 11) is 0. The number of hydrogen-bond donors (Lipinski definition) is 2. The van der Waals surface area contributed by atoms with E-state index < -0.39 is 11.8 Å². The van der Waals surface area contributed by atoms with E-state index in [1.807, 2.05) is 30.3 Å². The maximum absolute atomic E-state index is 12.4. The Bertz CT molecular complexity index is 852. The highest BCUT2D eigenvalue weighted by Gasteiger charge is 2.38. The fourth-order valence-electron chi connectivity index (χ4n) is 2.99. The smallest absolute Gasteiger partial charge is 0.321 e.